The summed E-state index contributed by atoms with van der Waals surface area (Å²) in [6.45, 7) is 8.99. The average molecular weight is 568 g/mol. The van der Waals surface area contributed by atoms with Gasteiger partial charge < -0.3 is 25.0 Å². The molecule has 0 spiro atoms. The van der Waals surface area contributed by atoms with Gasteiger partial charge in [0.1, 0.15) is 17.6 Å². The third-order valence-electron chi connectivity index (χ3n) is 5.64. The van der Waals surface area contributed by atoms with Gasteiger partial charge in [0, 0.05) is 52.4 Å². The number of likely N-dealkylation sites (N-methyl/N-ethyl adjacent to an activating group) is 1. The van der Waals surface area contributed by atoms with Crippen molar-refractivity contribution in [2.24, 2.45) is 4.99 Å². The van der Waals surface area contributed by atoms with E-state index in [-0.39, 0.29) is 30.1 Å². The fraction of sp³-hybridized carbons (Fsp3) is 0.480. The SMILES string of the molecule is CN=C(NCc1ccc(CN2CCN(C)CC2)cc1)NCC(C)Oc1cccc(OC)c1.I. The number of benzene rings is 2. The maximum atomic E-state index is 5.96. The molecule has 0 bridgehead atoms. The second kappa shape index (κ2) is 14.3. The van der Waals surface area contributed by atoms with Crippen LogP contribution in [-0.4, -0.2) is 75.8 Å². The number of aliphatic imine (C=N–C) groups is 1. The highest BCUT2D eigenvalue weighted by molar-refractivity contribution is 14.0. The van der Waals surface area contributed by atoms with Crippen LogP contribution in [0.25, 0.3) is 0 Å². The molecule has 1 heterocycles. The first-order chi connectivity index (χ1) is 15.6. The second-order valence-corrected chi connectivity index (χ2v) is 8.31. The third-order valence-corrected chi connectivity index (χ3v) is 5.64. The van der Waals surface area contributed by atoms with E-state index in [4.69, 9.17) is 9.47 Å². The van der Waals surface area contributed by atoms with Gasteiger partial charge in [0.2, 0.25) is 0 Å². The Morgan fingerprint density at radius 1 is 1.00 bits per heavy atom. The van der Waals surface area contributed by atoms with Crippen molar-refractivity contribution in [3.63, 3.8) is 0 Å². The summed E-state index contributed by atoms with van der Waals surface area (Å²) in [5.74, 6) is 2.33. The Labute approximate surface area is 215 Å². The third kappa shape index (κ3) is 9.38. The van der Waals surface area contributed by atoms with Gasteiger partial charge in [0.25, 0.3) is 0 Å². The first-order valence-corrected chi connectivity index (χ1v) is 11.3. The van der Waals surface area contributed by atoms with Crippen molar-refractivity contribution < 1.29 is 9.47 Å². The highest BCUT2D eigenvalue weighted by atomic mass is 127. The number of nitrogens with zero attached hydrogens (tertiary/aromatic N) is 3. The predicted molar refractivity (Wildman–Crippen MR) is 146 cm³/mol. The topological polar surface area (TPSA) is 61.4 Å². The van der Waals surface area contributed by atoms with Crippen molar-refractivity contribution in [1.29, 1.82) is 0 Å². The number of piperazine rings is 1. The van der Waals surface area contributed by atoms with Crippen LogP contribution in [0.3, 0.4) is 0 Å². The van der Waals surface area contributed by atoms with Crippen LogP contribution in [0.2, 0.25) is 0 Å². The van der Waals surface area contributed by atoms with Crippen molar-refractivity contribution in [2.45, 2.75) is 26.1 Å². The van der Waals surface area contributed by atoms with E-state index in [0.29, 0.717) is 6.54 Å². The Morgan fingerprint density at radius 2 is 1.67 bits per heavy atom. The van der Waals surface area contributed by atoms with E-state index in [1.807, 2.05) is 31.2 Å². The van der Waals surface area contributed by atoms with Crippen LogP contribution in [0, 0.1) is 0 Å². The van der Waals surface area contributed by atoms with E-state index in [2.05, 4.69) is 56.7 Å². The molecular weight excluding hydrogens is 529 g/mol. The molecule has 1 unspecified atom stereocenters. The number of methoxy groups -OCH3 is 1. The van der Waals surface area contributed by atoms with Crippen molar-refractivity contribution >= 4 is 29.9 Å². The zero-order chi connectivity index (χ0) is 22.8. The quantitative estimate of drug-likeness (QED) is 0.276. The summed E-state index contributed by atoms with van der Waals surface area (Å²) in [6.07, 6.45) is -0.0190. The lowest BCUT2D eigenvalue weighted by Crippen LogP contribution is -2.43. The van der Waals surface area contributed by atoms with Crippen molar-refractivity contribution in [3.05, 3.63) is 59.7 Å². The van der Waals surface area contributed by atoms with E-state index in [1.54, 1.807) is 14.2 Å². The van der Waals surface area contributed by atoms with Crippen LogP contribution in [0.4, 0.5) is 0 Å². The number of ether oxygens (including phenoxy) is 2. The average Bonchev–Trinajstić information content (AvgIpc) is 2.82. The van der Waals surface area contributed by atoms with Crippen molar-refractivity contribution in [3.8, 4) is 11.5 Å². The van der Waals surface area contributed by atoms with Gasteiger partial charge in [-0.3, -0.25) is 9.89 Å². The molecule has 2 aromatic carbocycles. The zero-order valence-electron chi connectivity index (χ0n) is 20.2. The highest BCUT2D eigenvalue weighted by Gasteiger charge is 2.13. The Hall–Kier alpha value is -2.04. The van der Waals surface area contributed by atoms with Crippen LogP contribution in [0.15, 0.2) is 53.5 Å². The molecule has 0 amide bonds. The molecule has 0 aliphatic carbocycles. The molecule has 182 valence electrons. The number of hydrogen-bond donors (Lipinski definition) is 2. The van der Waals surface area contributed by atoms with Crippen LogP contribution >= 0.6 is 24.0 Å². The number of guanidine groups is 1. The highest BCUT2D eigenvalue weighted by Crippen LogP contribution is 2.19. The Kier molecular flexibility index (Phi) is 11.8. The zero-order valence-corrected chi connectivity index (χ0v) is 22.5. The molecule has 1 aliphatic rings. The number of nitrogens with one attached hydrogen (secondary N) is 2. The van der Waals surface area contributed by atoms with Gasteiger partial charge in [-0.1, -0.05) is 30.3 Å². The molecule has 0 radical (unpaired) electrons. The van der Waals surface area contributed by atoms with Gasteiger partial charge in [-0.25, -0.2) is 0 Å². The van der Waals surface area contributed by atoms with Gasteiger partial charge in [0.15, 0.2) is 5.96 Å². The largest absolute Gasteiger partial charge is 0.497 e. The fourth-order valence-electron chi connectivity index (χ4n) is 3.62. The minimum Gasteiger partial charge on any atom is -0.497 e. The lowest BCUT2D eigenvalue weighted by Gasteiger charge is -2.32. The minimum absolute atomic E-state index is 0. The molecular formula is C25H38IN5O2. The van der Waals surface area contributed by atoms with Crippen LogP contribution < -0.4 is 20.1 Å². The molecule has 2 aromatic rings. The van der Waals surface area contributed by atoms with Gasteiger partial charge >= 0.3 is 0 Å². The van der Waals surface area contributed by atoms with E-state index < -0.39 is 0 Å². The standard InChI is InChI=1S/C25H37N5O2.HI/c1-20(32-24-7-5-6-23(16-24)31-4)17-27-25(26-2)28-18-21-8-10-22(11-9-21)19-30-14-12-29(3)13-15-30;/h5-11,16,20H,12-15,17-19H2,1-4H3,(H2,26,27,28);1H. The Balaban J connectivity index is 0.00000385. The summed E-state index contributed by atoms with van der Waals surface area (Å²) in [5.41, 5.74) is 2.60. The summed E-state index contributed by atoms with van der Waals surface area (Å²) in [5, 5.41) is 6.71. The Bertz CT molecular complexity index is 854. The predicted octanol–water partition coefficient (Wildman–Crippen LogP) is 3.19. The van der Waals surface area contributed by atoms with Gasteiger partial charge in [-0.05, 0) is 37.2 Å². The van der Waals surface area contributed by atoms with E-state index in [1.165, 1.54) is 11.1 Å². The molecule has 2 N–H and O–H groups in total. The van der Waals surface area contributed by atoms with Gasteiger partial charge in [0.05, 0.1) is 13.7 Å². The summed E-state index contributed by atoms with van der Waals surface area (Å²) in [6, 6.07) is 16.5. The van der Waals surface area contributed by atoms with E-state index >= 15 is 0 Å². The maximum absolute atomic E-state index is 5.96. The first kappa shape index (κ1) is 27.2. The first-order valence-electron chi connectivity index (χ1n) is 11.3. The molecule has 1 atom stereocenters. The molecule has 7 nitrogen and oxygen atoms in total. The van der Waals surface area contributed by atoms with Crippen molar-refractivity contribution in [1.82, 2.24) is 20.4 Å². The number of hydrogen-bond acceptors (Lipinski definition) is 5. The summed E-state index contributed by atoms with van der Waals surface area (Å²) in [7, 11) is 5.62. The smallest absolute Gasteiger partial charge is 0.191 e. The van der Waals surface area contributed by atoms with Crippen LogP contribution in [0.5, 0.6) is 11.5 Å². The minimum atomic E-state index is -0.0190. The van der Waals surface area contributed by atoms with Crippen molar-refractivity contribution in [2.75, 3.05) is 53.9 Å². The van der Waals surface area contributed by atoms with Crippen LogP contribution in [0.1, 0.15) is 18.1 Å². The number of rotatable bonds is 9. The fourth-order valence-corrected chi connectivity index (χ4v) is 3.62. The molecule has 1 saturated heterocycles. The monoisotopic (exact) mass is 567 g/mol. The molecule has 8 heteroatoms. The number of halogens is 1. The molecule has 33 heavy (non-hydrogen) atoms. The molecule has 0 saturated carbocycles. The lowest BCUT2D eigenvalue weighted by atomic mass is 10.1. The molecule has 1 fully saturated rings. The normalized spacial score (nSPS) is 15.9. The van der Waals surface area contributed by atoms with Crippen LogP contribution in [-0.2, 0) is 13.1 Å². The van der Waals surface area contributed by atoms with Gasteiger partial charge in [-0.15, -0.1) is 24.0 Å². The second-order valence-electron chi connectivity index (χ2n) is 8.31. The summed E-state index contributed by atoms with van der Waals surface area (Å²) in [4.78, 5) is 9.23. The molecule has 1 aliphatic heterocycles. The van der Waals surface area contributed by atoms with E-state index in [9.17, 15) is 0 Å². The summed E-state index contributed by atoms with van der Waals surface area (Å²) < 4.78 is 11.2. The van der Waals surface area contributed by atoms with E-state index in [0.717, 1.165) is 56.7 Å². The maximum Gasteiger partial charge on any atom is 0.191 e. The lowest BCUT2D eigenvalue weighted by molar-refractivity contribution is 0.148. The molecule has 0 aromatic heterocycles. The molecule has 3 rings (SSSR count). The Morgan fingerprint density at radius 3 is 2.33 bits per heavy atom. The summed E-state index contributed by atoms with van der Waals surface area (Å²) >= 11 is 0. The van der Waals surface area contributed by atoms with Gasteiger partial charge in [-0.2, -0.15) is 0 Å².